The highest BCUT2D eigenvalue weighted by atomic mass is 79.9. The van der Waals surface area contributed by atoms with Gasteiger partial charge < -0.3 is 5.32 Å². The largest absolute Gasteiger partial charge is 0.313 e. The number of rotatable bonds is 3. The van der Waals surface area contributed by atoms with Gasteiger partial charge in [0.05, 0.1) is 3.79 Å². The molecule has 2 fully saturated rings. The van der Waals surface area contributed by atoms with Gasteiger partial charge in [-0.25, -0.2) is 0 Å². The molecule has 1 saturated heterocycles. The predicted molar refractivity (Wildman–Crippen MR) is 73.0 cm³/mol. The van der Waals surface area contributed by atoms with Gasteiger partial charge in [-0.2, -0.15) is 0 Å². The van der Waals surface area contributed by atoms with Gasteiger partial charge in [-0.05, 0) is 72.1 Å². The van der Waals surface area contributed by atoms with E-state index in [9.17, 15) is 0 Å². The number of aryl methyl sites for hydroxylation is 1. The maximum absolute atomic E-state index is 3.73. The number of halogens is 1. The lowest BCUT2D eigenvalue weighted by Gasteiger charge is -2.17. The summed E-state index contributed by atoms with van der Waals surface area (Å²) in [6.45, 7) is 1.28. The topological polar surface area (TPSA) is 12.0 Å². The summed E-state index contributed by atoms with van der Waals surface area (Å²) < 4.78 is 1.26. The van der Waals surface area contributed by atoms with E-state index in [-0.39, 0.29) is 0 Å². The number of hydrogen-bond acceptors (Lipinski definition) is 2. The molecular weight excluding hydrogens is 282 g/mol. The van der Waals surface area contributed by atoms with Crippen LogP contribution in [0.4, 0.5) is 0 Å². The predicted octanol–water partition coefficient (Wildman–Crippen LogP) is 3.83. The molecule has 2 heterocycles. The molecule has 1 aromatic heterocycles. The van der Waals surface area contributed by atoms with E-state index in [2.05, 4.69) is 33.4 Å². The minimum Gasteiger partial charge on any atom is -0.313 e. The quantitative estimate of drug-likeness (QED) is 0.894. The second-order valence-corrected chi connectivity index (χ2v) is 7.66. The molecular formula is C13H18BrNS. The van der Waals surface area contributed by atoms with Gasteiger partial charge in [-0.3, -0.25) is 0 Å². The molecule has 16 heavy (non-hydrogen) atoms. The number of fused-ring (bicyclic) bond motifs is 1. The summed E-state index contributed by atoms with van der Waals surface area (Å²) in [6, 6.07) is 5.23. The molecule has 0 aromatic carbocycles. The Morgan fingerprint density at radius 1 is 1.38 bits per heavy atom. The smallest absolute Gasteiger partial charge is 0.0701 e. The van der Waals surface area contributed by atoms with E-state index < -0.39 is 0 Å². The Bertz CT molecular complexity index is 363. The molecule has 2 aliphatic rings. The summed E-state index contributed by atoms with van der Waals surface area (Å²) >= 11 is 5.42. The SMILES string of the molecule is Brc1ccc(CCC2NCC3CCCC32)s1. The van der Waals surface area contributed by atoms with Crippen LogP contribution < -0.4 is 5.32 Å². The molecule has 1 N–H and O–H groups in total. The molecule has 1 saturated carbocycles. The molecule has 0 spiro atoms. The van der Waals surface area contributed by atoms with Crippen LogP contribution in [0.3, 0.4) is 0 Å². The van der Waals surface area contributed by atoms with E-state index in [1.54, 1.807) is 0 Å². The molecule has 3 rings (SSSR count). The van der Waals surface area contributed by atoms with Crippen LogP contribution in [0.25, 0.3) is 0 Å². The van der Waals surface area contributed by atoms with Crippen molar-refractivity contribution >= 4 is 27.3 Å². The van der Waals surface area contributed by atoms with Crippen LogP contribution in [0.5, 0.6) is 0 Å². The lowest BCUT2D eigenvalue weighted by molar-refractivity contribution is 0.394. The third-order valence-corrected chi connectivity index (χ3v) is 5.89. The second kappa shape index (κ2) is 4.79. The van der Waals surface area contributed by atoms with E-state index in [1.807, 2.05) is 11.3 Å². The summed E-state index contributed by atoms with van der Waals surface area (Å²) in [7, 11) is 0. The zero-order valence-electron chi connectivity index (χ0n) is 9.42. The first kappa shape index (κ1) is 11.2. The van der Waals surface area contributed by atoms with Crippen LogP contribution in [-0.4, -0.2) is 12.6 Å². The van der Waals surface area contributed by atoms with E-state index in [4.69, 9.17) is 0 Å². The first-order valence-electron chi connectivity index (χ1n) is 6.30. The summed E-state index contributed by atoms with van der Waals surface area (Å²) in [5.41, 5.74) is 0. The maximum atomic E-state index is 3.73. The van der Waals surface area contributed by atoms with Gasteiger partial charge in [-0.15, -0.1) is 11.3 Å². The van der Waals surface area contributed by atoms with Gasteiger partial charge in [0, 0.05) is 10.9 Å². The van der Waals surface area contributed by atoms with Gasteiger partial charge in [0.25, 0.3) is 0 Å². The zero-order chi connectivity index (χ0) is 11.0. The van der Waals surface area contributed by atoms with E-state index >= 15 is 0 Å². The molecule has 0 amide bonds. The average Bonchev–Trinajstić information content (AvgIpc) is 2.91. The fourth-order valence-corrected chi connectivity index (χ4v) is 4.90. The van der Waals surface area contributed by atoms with Crippen LogP contribution in [0, 0.1) is 11.8 Å². The Morgan fingerprint density at radius 2 is 2.31 bits per heavy atom. The standard InChI is InChI=1S/C13H18BrNS/c14-13-7-5-10(16-13)4-6-12-11-3-1-2-9(11)8-15-12/h5,7,9,11-12,15H,1-4,6,8H2. The highest BCUT2D eigenvalue weighted by Gasteiger charge is 2.38. The third-order valence-electron chi connectivity index (χ3n) is 4.21. The molecule has 3 atom stereocenters. The van der Waals surface area contributed by atoms with Crippen LogP contribution in [0.1, 0.15) is 30.6 Å². The molecule has 1 aliphatic heterocycles. The minimum absolute atomic E-state index is 0.799. The lowest BCUT2D eigenvalue weighted by atomic mass is 9.91. The van der Waals surface area contributed by atoms with Gasteiger partial charge in [0.15, 0.2) is 0 Å². The van der Waals surface area contributed by atoms with Crippen LogP contribution in [0.15, 0.2) is 15.9 Å². The Morgan fingerprint density at radius 3 is 3.12 bits per heavy atom. The van der Waals surface area contributed by atoms with Crippen molar-refractivity contribution in [3.8, 4) is 0 Å². The van der Waals surface area contributed by atoms with E-state index in [0.717, 1.165) is 17.9 Å². The van der Waals surface area contributed by atoms with E-state index in [1.165, 1.54) is 47.3 Å². The zero-order valence-corrected chi connectivity index (χ0v) is 11.8. The summed E-state index contributed by atoms with van der Waals surface area (Å²) in [5, 5.41) is 3.73. The molecule has 0 bridgehead atoms. The van der Waals surface area contributed by atoms with Crippen molar-refractivity contribution in [3.05, 3.63) is 20.8 Å². The van der Waals surface area contributed by atoms with Crippen molar-refractivity contribution in [1.82, 2.24) is 5.32 Å². The maximum Gasteiger partial charge on any atom is 0.0701 e. The number of hydrogen-bond donors (Lipinski definition) is 1. The first-order valence-corrected chi connectivity index (χ1v) is 7.91. The Balaban J connectivity index is 1.55. The van der Waals surface area contributed by atoms with Crippen molar-refractivity contribution in [1.29, 1.82) is 0 Å². The molecule has 1 nitrogen and oxygen atoms in total. The Hall–Kier alpha value is 0.140. The van der Waals surface area contributed by atoms with Crippen LogP contribution in [-0.2, 0) is 6.42 Å². The number of thiophene rings is 1. The van der Waals surface area contributed by atoms with E-state index in [0.29, 0.717) is 0 Å². The van der Waals surface area contributed by atoms with Gasteiger partial charge in [-0.1, -0.05) is 6.42 Å². The van der Waals surface area contributed by atoms with Crippen molar-refractivity contribution < 1.29 is 0 Å². The van der Waals surface area contributed by atoms with Crippen LogP contribution in [0.2, 0.25) is 0 Å². The lowest BCUT2D eigenvalue weighted by Crippen LogP contribution is -2.27. The van der Waals surface area contributed by atoms with Crippen molar-refractivity contribution in [3.63, 3.8) is 0 Å². The summed E-state index contributed by atoms with van der Waals surface area (Å²) in [5.74, 6) is 1.99. The third kappa shape index (κ3) is 2.22. The van der Waals surface area contributed by atoms with Gasteiger partial charge >= 0.3 is 0 Å². The highest BCUT2D eigenvalue weighted by Crippen LogP contribution is 2.39. The minimum atomic E-state index is 0.799. The van der Waals surface area contributed by atoms with Crippen molar-refractivity contribution in [2.45, 2.75) is 38.1 Å². The highest BCUT2D eigenvalue weighted by molar-refractivity contribution is 9.11. The second-order valence-electron chi connectivity index (χ2n) is 5.11. The molecule has 3 unspecified atom stereocenters. The molecule has 3 heteroatoms. The Labute approximate surface area is 110 Å². The normalized spacial score (nSPS) is 33.2. The van der Waals surface area contributed by atoms with Crippen LogP contribution >= 0.6 is 27.3 Å². The first-order chi connectivity index (χ1) is 7.83. The van der Waals surface area contributed by atoms with Crippen molar-refractivity contribution in [2.24, 2.45) is 11.8 Å². The average molecular weight is 300 g/mol. The summed E-state index contributed by atoms with van der Waals surface area (Å²) in [6.07, 6.45) is 6.98. The molecule has 1 aromatic rings. The molecule has 0 radical (unpaired) electrons. The molecule has 88 valence electrons. The fraction of sp³-hybridized carbons (Fsp3) is 0.692. The monoisotopic (exact) mass is 299 g/mol. The summed E-state index contributed by atoms with van der Waals surface area (Å²) in [4.78, 5) is 1.52. The van der Waals surface area contributed by atoms with Gasteiger partial charge in [0.2, 0.25) is 0 Å². The Kier molecular flexibility index (Phi) is 3.37. The van der Waals surface area contributed by atoms with Gasteiger partial charge in [0.1, 0.15) is 0 Å². The fourth-order valence-electron chi connectivity index (χ4n) is 3.40. The number of nitrogens with one attached hydrogen (secondary N) is 1. The van der Waals surface area contributed by atoms with Crippen molar-refractivity contribution in [2.75, 3.05) is 6.54 Å². The molecule has 1 aliphatic carbocycles.